The molecule has 6 nitrogen and oxygen atoms in total. The average molecular weight is 378 g/mol. The van der Waals surface area contributed by atoms with Gasteiger partial charge in [0.1, 0.15) is 17.9 Å². The van der Waals surface area contributed by atoms with Gasteiger partial charge in [-0.2, -0.15) is 0 Å². The molecule has 1 saturated heterocycles. The van der Waals surface area contributed by atoms with E-state index in [0.717, 1.165) is 22.3 Å². The van der Waals surface area contributed by atoms with Crippen LogP contribution >= 0.6 is 0 Å². The summed E-state index contributed by atoms with van der Waals surface area (Å²) in [6.07, 6.45) is 0.715. The number of nitrogens with zero attached hydrogens (tertiary/aromatic N) is 1. The largest absolute Gasteiger partial charge is 0.459 e. The molecule has 3 rings (SSSR count). The first kappa shape index (κ1) is 18.8. The number of guanidine groups is 1. The number of fused-ring (bicyclic) bond motifs is 1. The second-order valence-electron chi connectivity index (χ2n) is 7.26. The van der Waals surface area contributed by atoms with Gasteiger partial charge >= 0.3 is 0 Å². The van der Waals surface area contributed by atoms with Gasteiger partial charge in [-0.3, -0.25) is 0 Å². The van der Waals surface area contributed by atoms with Crippen LogP contribution in [-0.4, -0.2) is 38.5 Å². The van der Waals surface area contributed by atoms with Crippen molar-refractivity contribution in [3.05, 3.63) is 35.6 Å². The summed E-state index contributed by atoms with van der Waals surface area (Å²) in [5.74, 6) is 2.23. The fourth-order valence-electron chi connectivity index (χ4n) is 3.23. The second-order valence-corrected chi connectivity index (χ2v) is 9.49. The molecule has 1 aliphatic heterocycles. The van der Waals surface area contributed by atoms with Crippen LogP contribution in [0.15, 0.2) is 33.7 Å². The van der Waals surface area contributed by atoms with E-state index in [1.54, 1.807) is 0 Å². The maximum atomic E-state index is 11.6. The van der Waals surface area contributed by atoms with Gasteiger partial charge in [0.05, 0.1) is 11.5 Å². The predicted octanol–water partition coefficient (Wildman–Crippen LogP) is 2.62. The molecule has 0 amide bonds. The van der Waals surface area contributed by atoms with Gasteiger partial charge in [0.15, 0.2) is 15.8 Å². The number of hydrogen-bond acceptors (Lipinski definition) is 4. The number of aryl methyl sites for hydroxylation is 1. The van der Waals surface area contributed by atoms with E-state index in [4.69, 9.17) is 4.42 Å². The maximum absolute atomic E-state index is 11.6. The van der Waals surface area contributed by atoms with Gasteiger partial charge in [-0.25, -0.2) is 13.4 Å². The Labute approximate surface area is 155 Å². The van der Waals surface area contributed by atoms with E-state index in [-0.39, 0.29) is 17.7 Å². The van der Waals surface area contributed by atoms with Crippen LogP contribution in [0.3, 0.4) is 0 Å². The Morgan fingerprint density at radius 3 is 2.77 bits per heavy atom. The van der Waals surface area contributed by atoms with Crippen molar-refractivity contribution < 1.29 is 12.8 Å². The monoisotopic (exact) mass is 377 g/mol. The van der Waals surface area contributed by atoms with Gasteiger partial charge in [-0.1, -0.05) is 18.2 Å². The summed E-state index contributed by atoms with van der Waals surface area (Å²) in [6.45, 7) is 7.18. The lowest BCUT2D eigenvalue weighted by Crippen LogP contribution is -2.43. The minimum Gasteiger partial charge on any atom is -0.459 e. The first-order valence-electron chi connectivity index (χ1n) is 9.06. The van der Waals surface area contributed by atoms with Gasteiger partial charge in [-0.05, 0) is 39.2 Å². The van der Waals surface area contributed by atoms with Crippen LogP contribution in [0.25, 0.3) is 11.0 Å². The molecular formula is C19H27N3O3S. The van der Waals surface area contributed by atoms with Gasteiger partial charge in [0, 0.05) is 23.5 Å². The number of sulfone groups is 1. The third-order valence-corrected chi connectivity index (χ3v) is 6.47. The van der Waals surface area contributed by atoms with Gasteiger partial charge in [0.2, 0.25) is 0 Å². The molecule has 0 aliphatic carbocycles. The normalized spacial score (nSPS) is 20.0. The minimum absolute atomic E-state index is 0.145. The molecule has 2 heterocycles. The summed E-state index contributed by atoms with van der Waals surface area (Å²) >= 11 is 0. The Hall–Kier alpha value is -2.02. The lowest BCUT2D eigenvalue weighted by molar-refractivity contribution is 0.542. The molecule has 1 aliphatic rings. The van der Waals surface area contributed by atoms with E-state index in [9.17, 15) is 8.42 Å². The van der Waals surface area contributed by atoms with Crippen molar-refractivity contribution in [3.63, 3.8) is 0 Å². The number of rotatable bonds is 5. The fourth-order valence-corrected chi connectivity index (χ4v) is 5.09. The maximum Gasteiger partial charge on any atom is 0.191 e. The number of aliphatic imine (C=N–C) groups is 1. The number of benzene rings is 1. The highest BCUT2D eigenvalue weighted by atomic mass is 32.2. The van der Waals surface area contributed by atoms with Crippen LogP contribution in [-0.2, 0) is 16.4 Å². The summed E-state index contributed by atoms with van der Waals surface area (Å²) in [7, 11) is -2.86. The standard InChI is InChI=1S/C19H27N3O3S/c1-13(2)22-19(20-10-15-8-9-26(23,24)12-15)21-11-18-14(3)16-6-4-5-7-17(16)25-18/h4-7,13,15H,8-12H2,1-3H3,(H2,20,21,22). The molecule has 2 aromatic rings. The fraction of sp³-hybridized carbons (Fsp3) is 0.526. The van der Waals surface area contributed by atoms with E-state index in [0.29, 0.717) is 31.2 Å². The van der Waals surface area contributed by atoms with Gasteiger partial charge in [0.25, 0.3) is 0 Å². The number of nitrogens with one attached hydrogen (secondary N) is 2. The smallest absolute Gasteiger partial charge is 0.191 e. The van der Waals surface area contributed by atoms with Gasteiger partial charge in [-0.15, -0.1) is 0 Å². The number of para-hydroxylation sites is 1. The highest BCUT2D eigenvalue weighted by molar-refractivity contribution is 7.91. The van der Waals surface area contributed by atoms with Crippen molar-refractivity contribution in [1.29, 1.82) is 0 Å². The lowest BCUT2D eigenvalue weighted by atomic mass is 10.1. The van der Waals surface area contributed by atoms with E-state index in [2.05, 4.69) is 15.6 Å². The van der Waals surface area contributed by atoms with Crippen molar-refractivity contribution in [3.8, 4) is 0 Å². The number of hydrogen-bond donors (Lipinski definition) is 2. The number of furan rings is 1. The van der Waals surface area contributed by atoms with Crippen LogP contribution in [0.2, 0.25) is 0 Å². The Morgan fingerprint density at radius 1 is 1.35 bits per heavy atom. The third-order valence-electron chi connectivity index (χ3n) is 4.63. The highest BCUT2D eigenvalue weighted by Gasteiger charge is 2.27. The first-order valence-corrected chi connectivity index (χ1v) is 10.9. The quantitative estimate of drug-likeness (QED) is 0.618. The Kier molecular flexibility index (Phi) is 5.55. The van der Waals surface area contributed by atoms with Crippen LogP contribution in [0.1, 0.15) is 31.6 Å². The van der Waals surface area contributed by atoms with Gasteiger partial charge < -0.3 is 15.1 Å². The molecule has 26 heavy (non-hydrogen) atoms. The minimum atomic E-state index is -2.86. The zero-order valence-corrected chi connectivity index (χ0v) is 16.4. The Balaban J connectivity index is 1.69. The molecule has 142 valence electrons. The molecule has 1 aromatic carbocycles. The first-order chi connectivity index (χ1) is 12.3. The van der Waals surface area contributed by atoms with Crippen LogP contribution in [0, 0.1) is 12.8 Å². The summed E-state index contributed by atoms with van der Waals surface area (Å²) in [5.41, 5.74) is 1.98. The van der Waals surface area contributed by atoms with Crippen LogP contribution in [0.5, 0.6) is 0 Å². The molecule has 0 bridgehead atoms. The molecule has 0 radical (unpaired) electrons. The summed E-state index contributed by atoms with van der Waals surface area (Å²) in [4.78, 5) is 4.64. The van der Waals surface area contributed by atoms with Crippen LogP contribution in [0.4, 0.5) is 0 Å². The second kappa shape index (κ2) is 7.70. The molecule has 1 aromatic heterocycles. The molecular weight excluding hydrogens is 350 g/mol. The molecule has 0 saturated carbocycles. The van der Waals surface area contributed by atoms with E-state index in [1.807, 2.05) is 45.0 Å². The molecule has 7 heteroatoms. The molecule has 0 spiro atoms. The van der Waals surface area contributed by atoms with Crippen molar-refractivity contribution in [1.82, 2.24) is 10.6 Å². The topological polar surface area (TPSA) is 83.7 Å². The highest BCUT2D eigenvalue weighted by Crippen LogP contribution is 2.25. The van der Waals surface area contributed by atoms with E-state index < -0.39 is 9.84 Å². The molecule has 1 fully saturated rings. The predicted molar refractivity (Wildman–Crippen MR) is 105 cm³/mol. The summed E-state index contributed by atoms with van der Waals surface area (Å²) in [5, 5.41) is 7.69. The van der Waals surface area contributed by atoms with Crippen molar-refractivity contribution in [2.45, 2.75) is 39.8 Å². The summed E-state index contributed by atoms with van der Waals surface area (Å²) in [6, 6.07) is 8.20. The third kappa shape index (κ3) is 4.58. The average Bonchev–Trinajstić information content (AvgIpc) is 3.09. The molecule has 1 unspecified atom stereocenters. The SMILES string of the molecule is Cc1c(CN=C(NCC2CCS(=O)(=O)C2)NC(C)C)oc2ccccc12. The lowest BCUT2D eigenvalue weighted by Gasteiger charge is -2.17. The molecule has 1 atom stereocenters. The Morgan fingerprint density at radius 2 is 2.12 bits per heavy atom. The molecule has 2 N–H and O–H groups in total. The van der Waals surface area contributed by atoms with E-state index in [1.165, 1.54) is 0 Å². The zero-order chi connectivity index (χ0) is 18.7. The van der Waals surface area contributed by atoms with Crippen molar-refractivity contribution in [2.24, 2.45) is 10.9 Å². The summed E-state index contributed by atoms with van der Waals surface area (Å²) < 4.78 is 29.1. The van der Waals surface area contributed by atoms with E-state index >= 15 is 0 Å². The zero-order valence-electron chi connectivity index (χ0n) is 15.6. The van der Waals surface area contributed by atoms with Crippen LogP contribution < -0.4 is 10.6 Å². The van der Waals surface area contributed by atoms with Crippen molar-refractivity contribution in [2.75, 3.05) is 18.1 Å². The Bertz CT molecular complexity index is 900. The van der Waals surface area contributed by atoms with Crippen molar-refractivity contribution >= 4 is 26.8 Å².